The molecule has 1 aliphatic heterocycles. The molecule has 0 radical (unpaired) electrons. The molecule has 0 saturated carbocycles. The predicted molar refractivity (Wildman–Crippen MR) is 82.7 cm³/mol. The van der Waals surface area contributed by atoms with Crippen LogP contribution in [0.15, 0.2) is 24.3 Å². The second kappa shape index (κ2) is 7.35. The molecule has 0 aliphatic carbocycles. The number of halogens is 3. The fraction of sp³-hybridized carbons (Fsp3) is 0.500. The summed E-state index contributed by atoms with van der Waals surface area (Å²) < 4.78 is 41.7. The summed E-state index contributed by atoms with van der Waals surface area (Å²) >= 11 is 6.95. The van der Waals surface area contributed by atoms with Gasteiger partial charge in [0.1, 0.15) is 10.1 Å². The summed E-state index contributed by atoms with van der Waals surface area (Å²) in [6.07, 6.45) is -1.94. The smallest absolute Gasteiger partial charge is 0.422 e. The third-order valence-electron chi connectivity index (χ3n) is 3.05. The van der Waals surface area contributed by atoms with Crippen LogP contribution in [0.4, 0.5) is 13.2 Å². The molecule has 0 N–H and O–H groups in total. The average molecular weight is 335 g/mol. The van der Waals surface area contributed by atoms with Crippen molar-refractivity contribution in [3.63, 3.8) is 0 Å². The third kappa shape index (κ3) is 5.74. The van der Waals surface area contributed by atoms with Gasteiger partial charge in [-0.15, -0.1) is 0 Å². The highest BCUT2D eigenvalue weighted by Crippen LogP contribution is 2.23. The first kappa shape index (κ1) is 16.4. The lowest BCUT2D eigenvalue weighted by atomic mass is 10.2. The van der Waals surface area contributed by atoms with E-state index in [1.54, 1.807) is 36.0 Å². The molecule has 116 valence electrons. The Morgan fingerprint density at radius 1 is 1.19 bits per heavy atom. The van der Waals surface area contributed by atoms with Gasteiger partial charge < -0.3 is 9.64 Å². The Kier molecular flexibility index (Phi) is 5.75. The Bertz CT molecular complexity index is 470. The van der Waals surface area contributed by atoms with E-state index in [1.807, 2.05) is 0 Å². The van der Waals surface area contributed by atoms with Gasteiger partial charge in [0.25, 0.3) is 0 Å². The Hall–Kier alpha value is -0.950. The minimum absolute atomic E-state index is 0.225. The van der Waals surface area contributed by atoms with E-state index in [0.29, 0.717) is 0 Å². The maximum absolute atomic E-state index is 12.0. The Morgan fingerprint density at radius 3 is 2.38 bits per heavy atom. The molecule has 2 nitrogen and oxygen atoms in total. The van der Waals surface area contributed by atoms with E-state index in [1.165, 1.54) is 12.8 Å². The van der Waals surface area contributed by atoms with Crippen molar-refractivity contribution in [2.45, 2.75) is 24.8 Å². The van der Waals surface area contributed by atoms with Crippen LogP contribution in [0.5, 0.6) is 5.75 Å². The van der Waals surface area contributed by atoms with Gasteiger partial charge in [-0.3, -0.25) is 0 Å². The molecule has 0 spiro atoms. The molecule has 0 bridgehead atoms. The molecule has 1 saturated heterocycles. The standard InChI is InChI=1S/C14H16F3NOS2/c15-14(16,17)10-19-12-5-3-11(4-6-12)9-21-13(20)18-7-1-2-8-18/h3-6H,1-2,7-10H2. The summed E-state index contributed by atoms with van der Waals surface area (Å²) in [5, 5.41) is 0. The summed E-state index contributed by atoms with van der Waals surface area (Å²) in [5.41, 5.74) is 1.01. The molecule has 0 atom stereocenters. The van der Waals surface area contributed by atoms with Crippen molar-refractivity contribution < 1.29 is 17.9 Å². The normalized spacial score (nSPS) is 15.3. The van der Waals surface area contributed by atoms with E-state index < -0.39 is 12.8 Å². The topological polar surface area (TPSA) is 12.5 Å². The zero-order chi connectivity index (χ0) is 15.3. The van der Waals surface area contributed by atoms with E-state index >= 15 is 0 Å². The Morgan fingerprint density at radius 2 is 1.81 bits per heavy atom. The van der Waals surface area contributed by atoms with Crippen LogP contribution in [0.1, 0.15) is 18.4 Å². The van der Waals surface area contributed by atoms with Gasteiger partial charge in [-0.1, -0.05) is 36.1 Å². The van der Waals surface area contributed by atoms with Crippen molar-refractivity contribution in [2.24, 2.45) is 0 Å². The highest BCUT2D eigenvalue weighted by molar-refractivity contribution is 8.22. The van der Waals surface area contributed by atoms with Gasteiger partial charge in [0.2, 0.25) is 0 Å². The van der Waals surface area contributed by atoms with Crippen LogP contribution in [-0.2, 0) is 5.75 Å². The van der Waals surface area contributed by atoms with E-state index in [2.05, 4.69) is 9.64 Å². The first-order chi connectivity index (χ1) is 9.94. The molecule has 1 aromatic rings. The Labute approximate surface area is 131 Å². The lowest BCUT2D eigenvalue weighted by Gasteiger charge is -2.17. The monoisotopic (exact) mass is 335 g/mol. The molecular formula is C14H16F3NOS2. The average Bonchev–Trinajstić information content (AvgIpc) is 2.97. The number of rotatable bonds is 4. The van der Waals surface area contributed by atoms with E-state index in [-0.39, 0.29) is 5.75 Å². The number of thiocarbonyl (C=S) groups is 1. The number of nitrogens with zero attached hydrogens (tertiary/aromatic N) is 1. The van der Waals surface area contributed by atoms with Gasteiger partial charge in [-0.2, -0.15) is 13.2 Å². The number of hydrogen-bond donors (Lipinski definition) is 0. The van der Waals surface area contributed by atoms with E-state index in [9.17, 15) is 13.2 Å². The van der Waals surface area contributed by atoms with Crippen molar-refractivity contribution >= 4 is 28.3 Å². The lowest BCUT2D eigenvalue weighted by Crippen LogP contribution is -2.23. The van der Waals surface area contributed by atoms with Crippen molar-refractivity contribution in [1.29, 1.82) is 0 Å². The van der Waals surface area contributed by atoms with Crippen LogP contribution >= 0.6 is 24.0 Å². The second-order valence-corrected chi connectivity index (χ2v) is 6.41. The molecule has 1 aliphatic rings. The number of hydrogen-bond acceptors (Lipinski definition) is 3. The van der Waals surface area contributed by atoms with Crippen LogP contribution in [0, 0.1) is 0 Å². The molecule has 0 amide bonds. The summed E-state index contributed by atoms with van der Waals surface area (Å²) in [7, 11) is 0. The minimum atomic E-state index is -4.31. The lowest BCUT2D eigenvalue weighted by molar-refractivity contribution is -0.153. The predicted octanol–water partition coefficient (Wildman–Crippen LogP) is 4.24. The van der Waals surface area contributed by atoms with Gasteiger partial charge in [0, 0.05) is 18.8 Å². The molecule has 21 heavy (non-hydrogen) atoms. The minimum Gasteiger partial charge on any atom is -0.484 e. The van der Waals surface area contributed by atoms with Gasteiger partial charge in [-0.05, 0) is 30.5 Å². The molecular weight excluding hydrogens is 319 g/mol. The van der Waals surface area contributed by atoms with Crippen molar-refractivity contribution in [3.8, 4) is 5.75 Å². The van der Waals surface area contributed by atoms with Crippen LogP contribution in [0.25, 0.3) is 0 Å². The summed E-state index contributed by atoms with van der Waals surface area (Å²) in [6, 6.07) is 6.65. The zero-order valence-electron chi connectivity index (χ0n) is 11.4. The number of ether oxygens (including phenoxy) is 1. The quantitative estimate of drug-likeness (QED) is 0.763. The second-order valence-electron chi connectivity index (χ2n) is 4.80. The number of thioether (sulfide) groups is 1. The molecule has 2 rings (SSSR count). The van der Waals surface area contributed by atoms with Crippen molar-refractivity contribution in [1.82, 2.24) is 4.90 Å². The van der Waals surface area contributed by atoms with E-state index in [0.717, 1.165) is 28.7 Å². The SMILES string of the molecule is FC(F)(F)COc1ccc(CSC(=S)N2CCCC2)cc1. The molecule has 7 heteroatoms. The summed E-state index contributed by atoms with van der Waals surface area (Å²) in [6.45, 7) is 0.784. The van der Waals surface area contributed by atoms with Crippen LogP contribution in [0.3, 0.4) is 0 Å². The number of benzene rings is 1. The molecule has 0 aromatic heterocycles. The van der Waals surface area contributed by atoms with Crippen LogP contribution in [-0.4, -0.2) is 35.1 Å². The van der Waals surface area contributed by atoms with Crippen LogP contribution in [0.2, 0.25) is 0 Å². The Balaban J connectivity index is 1.78. The molecule has 1 fully saturated rings. The maximum atomic E-state index is 12.0. The van der Waals surface area contributed by atoms with Crippen molar-refractivity contribution in [3.05, 3.63) is 29.8 Å². The fourth-order valence-electron chi connectivity index (χ4n) is 1.98. The first-order valence-corrected chi connectivity index (χ1v) is 8.04. The largest absolute Gasteiger partial charge is 0.484 e. The van der Waals surface area contributed by atoms with Gasteiger partial charge >= 0.3 is 6.18 Å². The molecule has 1 heterocycles. The third-order valence-corrected chi connectivity index (χ3v) is 4.65. The van der Waals surface area contributed by atoms with E-state index in [4.69, 9.17) is 12.2 Å². The highest BCUT2D eigenvalue weighted by atomic mass is 32.2. The van der Waals surface area contributed by atoms with Crippen molar-refractivity contribution in [2.75, 3.05) is 19.7 Å². The van der Waals surface area contributed by atoms with Gasteiger partial charge in [-0.25, -0.2) is 0 Å². The number of alkyl halides is 3. The fourth-order valence-corrected chi connectivity index (χ4v) is 3.19. The van der Waals surface area contributed by atoms with Gasteiger partial charge in [0.15, 0.2) is 6.61 Å². The zero-order valence-corrected chi connectivity index (χ0v) is 13.0. The van der Waals surface area contributed by atoms with Gasteiger partial charge in [0.05, 0.1) is 0 Å². The highest BCUT2D eigenvalue weighted by Gasteiger charge is 2.28. The summed E-state index contributed by atoms with van der Waals surface area (Å²) in [4.78, 5) is 2.20. The first-order valence-electron chi connectivity index (χ1n) is 6.64. The summed E-state index contributed by atoms with van der Waals surface area (Å²) in [5.74, 6) is 0.942. The van der Waals surface area contributed by atoms with Crippen LogP contribution < -0.4 is 4.74 Å². The molecule has 1 aromatic carbocycles. The number of likely N-dealkylation sites (tertiary alicyclic amines) is 1. The maximum Gasteiger partial charge on any atom is 0.422 e. The molecule has 0 unspecified atom stereocenters.